The fourth-order valence-corrected chi connectivity index (χ4v) is 2.95. The van der Waals surface area contributed by atoms with Crippen LogP contribution in [0.5, 0.6) is 0 Å². The Bertz CT molecular complexity index is 627. The van der Waals surface area contributed by atoms with Gasteiger partial charge in [-0.05, 0) is 44.4 Å². The summed E-state index contributed by atoms with van der Waals surface area (Å²) in [5.74, 6) is 0.901. The second-order valence-corrected chi connectivity index (χ2v) is 6.67. The molecule has 0 atom stereocenters. The van der Waals surface area contributed by atoms with Crippen LogP contribution in [0.3, 0.4) is 0 Å². The number of nitrogens with zero attached hydrogens (tertiary/aromatic N) is 2. The normalized spacial score (nSPS) is 14.4. The van der Waals surface area contributed by atoms with Crippen molar-refractivity contribution in [3.05, 3.63) is 57.1 Å². The van der Waals surface area contributed by atoms with Gasteiger partial charge in [0.1, 0.15) is 5.82 Å². The Morgan fingerprint density at radius 2 is 1.90 bits per heavy atom. The molecule has 0 bridgehead atoms. The highest BCUT2D eigenvalue weighted by molar-refractivity contribution is 9.10. The molecule has 1 aliphatic rings. The number of benzene rings is 1. The fraction of sp³-hybridized carbons (Fsp3) is 0.412. The maximum absolute atomic E-state index is 4.69. The number of nitrogens with one attached hydrogen (secondary N) is 1. The number of aryl methyl sites for hydroxylation is 2. The summed E-state index contributed by atoms with van der Waals surface area (Å²) >= 11 is 3.51. The van der Waals surface area contributed by atoms with Gasteiger partial charge in [0.25, 0.3) is 0 Å². The van der Waals surface area contributed by atoms with E-state index in [9.17, 15) is 0 Å². The molecule has 0 saturated heterocycles. The Kier molecular flexibility index (Phi) is 4.36. The van der Waals surface area contributed by atoms with Gasteiger partial charge >= 0.3 is 0 Å². The van der Waals surface area contributed by atoms with Gasteiger partial charge in [-0.3, -0.25) is 0 Å². The van der Waals surface area contributed by atoms with Crippen LogP contribution in [0.15, 0.2) is 28.7 Å². The van der Waals surface area contributed by atoms with E-state index in [1.165, 1.54) is 24.0 Å². The number of rotatable bonds is 5. The zero-order valence-electron chi connectivity index (χ0n) is 12.5. The van der Waals surface area contributed by atoms with Crippen molar-refractivity contribution in [2.45, 2.75) is 45.7 Å². The molecule has 2 aromatic rings. The molecule has 3 rings (SSSR count). The highest BCUT2D eigenvalue weighted by Crippen LogP contribution is 2.21. The van der Waals surface area contributed by atoms with E-state index in [0.29, 0.717) is 6.04 Å². The van der Waals surface area contributed by atoms with Gasteiger partial charge in [0.15, 0.2) is 0 Å². The lowest BCUT2D eigenvalue weighted by Gasteiger charge is -2.11. The summed E-state index contributed by atoms with van der Waals surface area (Å²) in [4.78, 5) is 9.38. The summed E-state index contributed by atoms with van der Waals surface area (Å²) < 4.78 is 1.10. The molecule has 4 heteroatoms. The first kappa shape index (κ1) is 14.7. The van der Waals surface area contributed by atoms with Crippen LogP contribution in [0, 0.1) is 13.8 Å². The largest absolute Gasteiger partial charge is 0.310 e. The van der Waals surface area contributed by atoms with Crippen molar-refractivity contribution in [2.75, 3.05) is 0 Å². The van der Waals surface area contributed by atoms with Crippen molar-refractivity contribution in [3.8, 4) is 0 Å². The number of halogens is 1. The maximum atomic E-state index is 4.69. The molecule has 1 N–H and O–H groups in total. The van der Waals surface area contributed by atoms with E-state index in [1.807, 2.05) is 12.1 Å². The molecule has 0 unspecified atom stereocenters. The Morgan fingerprint density at radius 1 is 1.19 bits per heavy atom. The van der Waals surface area contributed by atoms with E-state index in [0.717, 1.165) is 34.7 Å². The lowest BCUT2D eigenvalue weighted by Crippen LogP contribution is -2.18. The predicted molar refractivity (Wildman–Crippen MR) is 88.3 cm³/mol. The van der Waals surface area contributed by atoms with Crippen molar-refractivity contribution >= 4 is 15.9 Å². The zero-order chi connectivity index (χ0) is 14.8. The van der Waals surface area contributed by atoms with E-state index in [2.05, 4.69) is 47.2 Å². The first-order valence-corrected chi connectivity index (χ1v) is 8.22. The standard InChI is InChI=1S/C17H20BrN3/c1-11-16(10-19-15-6-7-15)12(2)21-17(20-11)9-13-4-3-5-14(18)8-13/h3-5,8,15,19H,6-7,9-10H2,1-2H3. The van der Waals surface area contributed by atoms with E-state index >= 15 is 0 Å². The Hall–Kier alpha value is -1.26. The minimum atomic E-state index is 0.713. The molecule has 1 heterocycles. The zero-order valence-corrected chi connectivity index (χ0v) is 14.1. The Morgan fingerprint density at radius 3 is 2.52 bits per heavy atom. The van der Waals surface area contributed by atoms with E-state index in [-0.39, 0.29) is 0 Å². The minimum absolute atomic E-state index is 0.713. The van der Waals surface area contributed by atoms with Crippen molar-refractivity contribution in [2.24, 2.45) is 0 Å². The molecule has 0 radical (unpaired) electrons. The summed E-state index contributed by atoms with van der Waals surface area (Å²) in [5.41, 5.74) is 4.67. The number of hydrogen-bond donors (Lipinski definition) is 1. The second kappa shape index (κ2) is 6.24. The van der Waals surface area contributed by atoms with Crippen molar-refractivity contribution in [1.82, 2.24) is 15.3 Å². The summed E-state index contributed by atoms with van der Waals surface area (Å²) in [5, 5.41) is 3.54. The predicted octanol–water partition coefficient (Wildman–Crippen LogP) is 3.70. The molecule has 3 nitrogen and oxygen atoms in total. The molecule has 21 heavy (non-hydrogen) atoms. The minimum Gasteiger partial charge on any atom is -0.310 e. The van der Waals surface area contributed by atoms with E-state index in [1.54, 1.807) is 0 Å². The van der Waals surface area contributed by atoms with Crippen LogP contribution >= 0.6 is 15.9 Å². The molecule has 1 fully saturated rings. The topological polar surface area (TPSA) is 37.8 Å². The molecule has 1 aromatic carbocycles. The average Bonchev–Trinajstić information content (AvgIpc) is 3.22. The van der Waals surface area contributed by atoms with Crippen molar-refractivity contribution in [3.63, 3.8) is 0 Å². The third-order valence-electron chi connectivity index (χ3n) is 3.86. The molecule has 1 aliphatic carbocycles. The van der Waals surface area contributed by atoms with Gasteiger partial charge in [0.2, 0.25) is 0 Å². The van der Waals surface area contributed by atoms with Gasteiger partial charge in [-0.2, -0.15) is 0 Å². The Balaban J connectivity index is 1.77. The lowest BCUT2D eigenvalue weighted by molar-refractivity contribution is 0.672. The smallest absolute Gasteiger partial charge is 0.133 e. The number of aromatic nitrogens is 2. The molecule has 1 saturated carbocycles. The van der Waals surface area contributed by atoms with Crippen LogP contribution in [0.1, 0.15) is 41.2 Å². The van der Waals surface area contributed by atoms with E-state index in [4.69, 9.17) is 9.97 Å². The van der Waals surface area contributed by atoms with Crippen LogP contribution in [0.2, 0.25) is 0 Å². The monoisotopic (exact) mass is 345 g/mol. The molecule has 0 aliphatic heterocycles. The molecule has 0 amide bonds. The molecular weight excluding hydrogens is 326 g/mol. The van der Waals surface area contributed by atoms with E-state index < -0.39 is 0 Å². The summed E-state index contributed by atoms with van der Waals surface area (Å²) in [6.07, 6.45) is 3.39. The van der Waals surface area contributed by atoms with Gasteiger partial charge in [-0.15, -0.1) is 0 Å². The van der Waals surface area contributed by atoms with Crippen LogP contribution in [-0.4, -0.2) is 16.0 Å². The molecule has 110 valence electrons. The van der Waals surface area contributed by atoms with Crippen LogP contribution in [0.4, 0.5) is 0 Å². The van der Waals surface area contributed by atoms with Gasteiger partial charge < -0.3 is 5.32 Å². The SMILES string of the molecule is Cc1nc(Cc2cccc(Br)c2)nc(C)c1CNC1CC1. The van der Waals surface area contributed by atoms with Crippen LogP contribution in [-0.2, 0) is 13.0 Å². The van der Waals surface area contributed by atoms with Gasteiger partial charge in [-0.1, -0.05) is 28.1 Å². The summed E-state index contributed by atoms with van der Waals surface area (Å²) in [7, 11) is 0. The summed E-state index contributed by atoms with van der Waals surface area (Å²) in [6, 6.07) is 9.03. The molecule has 0 spiro atoms. The van der Waals surface area contributed by atoms with Crippen LogP contribution < -0.4 is 5.32 Å². The van der Waals surface area contributed by atoms with Gasteiger partial charge in [0, 0.05) is 40.4 Å². The third-order valence-corrected chi connectivity index (χ3v) is 4.36. The van der Waals surface area contributed by atoms with Crippen molar-refractivity contribution < 1.29 is 0 Å². The molecule has 1 aromatic heterocycles. The molecular formula is C17H20BrN3. The quantitative estimate of drug-likeness (QED) is 0.897. The second-order valence-electron chi connectivity index (χ2n) is 5.75. The first-order valence-electron chi connectivity index (χ1n) is 7.42. The Labute approximate surface area is 134 Å². The maximum Gasteiger partial charge on any atom is 0.133 e. The third kappa shape index (κ3) is 3.89. The average molecular weight is 346 g/mol. The summed E-state index contributed by atoms with van der Waals surface area (Å²) in [6.45, 7) is 5.06. The number of hydrogen-bond acceptors (Lipinski definition) is 3. The van der Waals surface area contributed by atoms with Gasteiger partial charge in [-0.25, -0.2) is 9.97 Å². The van der Waals surface area contributed by atoms with Gasteiger partial charge in [0.05, 0.1) is 0 Å². The van der Waals surface area contributed by atoms with Crippen LogP contribution in [0.25, 0.3) is 0 Å². The highest BCUT2D eigenvalue weighted by Gasteiger charge is 2.21. The fourth-order valence-electron chi connectivity index (χ4n) is 2.51. The first-order chi connectivity index (χ1) is 10.1. The van der Waals surface area contributed by atoms with Crippen molar-refractivity contribution in [1.29, 1.82) is 0 Å². The highest BCUT2D eigenvalue weighted by atomic mass is 79.9. The lowest BCUT2D eigenvalue weighted by atomic mass is 10.1.